The fourth-order valence-corrected chi connectivity index (χ4v) is 5.90. The number of carboxylic acid groups (broad SMARTS) is 1. The molecule has 0 bridgehead atoms. The van der Waals surface area contributed by atoms with Crippen molar-refractivity contribution in [3.05, 3.63) is 54.4 Å². The summed E-state index contributed by atoms with van der Waals surface area (Å²) >= 11 is 0. The first kappa shape index (κ1) is 25.9. The standard InChI is InChI=1S/C20H25N3O3S.C2HF3O2/c1-2-23-17-10-13-22(15-16-7-5-6-12-21-16)14-11-18(17)26-19-8-3-4-9-20(19)27(23,24)25;3-2(4,5)1(6)7/h3-9,12,17-18H,2,10-11,13-15H2,1H3;(H,6,7)/t17-,18-;/m0./s1. The molecule has 2 aliphatic heterocycles. The highest BCUT2D eigenvalue weighted by Gasteiger charge is 2.42. The lowest BCUT2D eigenvalue weighted by Gasteiger charge is -2.30. The Balaban J connectivity index is 0.000000406. The van der Waals surface area contributed by atoms with Crippen LogP contribution < -0.4 is 4.74 Å². The van der Waals surface area contributed by atoms with Gasteiger partial charge < -0.3 is 9.84 Å². The van der Waals surface area contributed by atoms with Gasteiger partial charge in [0.25, 0.3) is 0 Å². The van der Waals surface area contributed by atoms with Crippen LogP contribution in [-0.2, 0) is 21.4 Å². The van der Waals surface area contributed by atoms with Gasteiger partial charge in [-0.3, -0.25) is 9.88 Å². The maximum absolute atomic E-state index is 13.2. The number of para-hydroxylation sites is 1. The van der Waals surface area contributed by atoms with Gasteiger partial charge in [-0.15, -0.1) is 0 Å². The third-order valence-electron chi connectivity index (χ3n) is 5.65. The van der Waals surface area contributed by atoms with E-state index in [-0.39, 0.29) is 17.0 Å². The van der Waals surface area contributed by atoms with Crippen molar-refractivity contribution in [3.63, 3.8) is 0 Å². The number of hydrogen-bond acceptors (Lipinski definition) is 6. The average Bonchev–Trinajstić information content (AvgIpc) is 3.02. The molecule has 0 amide bonds. The van der Waals surface area contributed by atoms with Gasteiger partial charge in [0.2, 0.25) is 10.0 Å². The summed E-state index contributed by atoms with van der Waals surface area (Å²) in [6.07, 6.45) is -1.88. The number of likely N-dealkylation sites (tertiary alicyclic amines) is 1. The largest absolute Gasteiger partial charge is 0.490 e. The summed E-state index contributed by atoms with van der Waals surface area (Å²) in [5, 5.41) is 7.12. The maximum atomic E-state index is 13.2. The Hall–Kier alpha value is -2.70. The number of rotatable bonds is 3. The van der Waals surface area contributed by atoms with Crippen molar-refractivity contribution >= 4 is 16.0 Å². The van der Waals surface area contributed by atoms with E-state index in [0.717, 1.165) is 38.2 Å². The van der Waals surface area contributed by atoms with Gasteiger partial charge >= 0.3 is 12.1 Å². The van der Waals surface area contributed by atoms with Crippen molar-refractivity contribution in [2.24, 2.45) is 0 Å². The van der Waals surface area contributed by atoms with Gasteiger partial charge in [0, 0.05) is 32.4 Å². The highest BCUT2D eigenvalue weighted by molar-refractivity contribution is 7.89. The van der Waals surface area contributed by atoms with Crippen molar-refractivity contribution in [2.75, 3.05) is 19.6 Å². The van der Waals surface area contributed by atoms with Crippen LogP contribution in [0.4, 0.5) is 13.2 Å². The topological polar surface area (TPSA) is 100 Å². The number of benzene rings is 1. The van der Waals surface area contributed by atoms with Crippen LogP contribution in [0.15, 0.2) is 53.6 Å². The second kappa shape index (κ2) is 10.7. The average molecular weight is 502 g/mol. The van der Waals surface area contributed by atoms with E-state index in [1.807, 2.05) is 37.4 Å². The fraction of sp³-hybridized carbons (Fsp3) is 0.455. The van der Waals surface area contributed by atoms with E-state index >= 15 is 0 Å². The minimum absolute atomic E-state index is 0.142. The molecule has 186 valence electrons. The van der Waals surface area contributed by atoms with Crippen molar-refractivity contribution in [1.29, 1.82) is 0 Å². The number of aliphatic carboxylic acids is 1. The van der Waals surface area contributed by atoms with E-state index in [2.05, 4.69) is 9.88 Å². The lowest BCUT2D eigenvalue weighted by molar-refractivity contribution is -0.192. The van der Waals surface area contributed by atoms with E-state index in [1.165, 1.54) is 0 Å². The van der Waals surface area contributed by atoms with Crippen molar-refractivity contribution < 1.29 is 36.2 Å². The number of halogens is 3. The second-order valence-electron chi connectivity index (χ2n) is 7.86. The summed E-state index contributed by atoms with van der Waals surface area (Å²) in [7, 11) is -3.55. The SMILES string of the molecule is CCN1[C@H]2CCN(Cc3ccccn3)CC[C@@H]2Oc2ccccc2S1(=O)=O.O=C(O)C(F)(F)F. The Kier molecular flexibility index (Phi) is 8.16. The van der Waals surface area contributed by atoms with E-state index in [9.17, 15) is 21.6 Å². The van der Waals surface area contributed by atoms with Gasteiger partial charge in [-0.25, -0.2) is 13.2 Å². The molecule has 4 rings (SSSR count). The van der Waals surface area contributed by atoms with Crippen molar-refractivity contribution in [3.8, 4) is 5.75 Å². The molecule has 8 nitrogen and oxygen atoms in total. The number of carboxylic acids is 1. The molecule has 0 saturated carbocycles. The van der Waals surface area contributed by atoms with E-state index in [1.54, 1.807) is 22.5 Å². The molecular formula is C22H26F3N3O5S. The van der Waals surface area contributed by atoms with Crippen LogP contribution in [0.1, 0.15) is 25.5 Å². The minimum Gasteiger partial charge on any atom is -0.487 e. The van der Waals surface area contributed by atoms with Crippen molar-refractivity contribution in [2.45, 2.75) is 49.5 Å². The predicted molar refractivity (Wildman–Crippen MR) is 117 cm³/mol. The zero-order valence-corrected chi connectivity index (χ0v) is 19.3. The molecule has 1 aromatic heterocycles. The molecule has 2 aliphatic rings. The number of alkyl halides is 3. The van der Waals surface area contributed by atoms with Crippen LogP contribution in [0.2, 0.25) is 0 Å². The molecule has 2 atom stereocenters. The minimum atomic E-state index is -5.08. The van der Waals surface area contributed by atoms with E-state index in [4.69, 9.17) is 14.6 Å². The van der Waals surface area contributed by atoms with Gasteiger partial charge in [0.05, 0.1) is 11.7 Å². The second-order valence-corrected chi connectivity index (χ2v) is 9.72. The normalized spacial score (nSPS) is 22.6. The Labute approximate surface area is 196 Å². The summed E-state index contributed by atoms with van der Waals surface area (Å²) in [6.45, 7) is 4.80. The van der Waals surface area contributed by atoms with Crippen LogP contribution in [0.5, 0.6) is 5.75 Å². The number of nitrogens with zero attached hydrogens (tertiary/aromatic N) is 3. The van der Waals surface area contributed by atoms with Crippen LogP contribution in [0.3, 0.4) is 0 Å². The Bertz CT molecular complexity index is 1080. The van der Waals surface area contributed by atoms with Crippen LogP contribution >= 0.6 is 0 Å². The first-order valence-electron chi connectivity index (χ1n) is 10.7. The van der Waals surface area contributed by atoms with Crippen LogP contribution in [0, 0.1) is 0 Å². The Morgan fingerprint density at radius 1 is 1.15 bits per heavy atom. The van der Waals surface area contributed by atoms with Gasteiger partial charge in [0.1, 0.15) is 16.7 Å². The number of carbonyl (C=O) groups is 1. The zero-order valence-electron chi connectivity index (χ0n) is 18.5. The molecule has 34 heavy (non-hydrogen) atoms. The highest BCUT2D eigenvalue weighted by atomic mass is 32.2. The number of ether oxygens (including phenoxy) is 1. The quantitative estimate of drug-likeness (QED) is 0.690. The number of hydrogen-bond donors (Lipinski definition) is 1. The first-order valence-corrected chi connectivity index (χ1v) is 12.2. The molecule has 0 aliphatic carbocycles. The molecule has 1 aromatic carbocycles. The molecule has 1 N–H and O–H groups in total. The molecule has 0 radical (unpaired) electrons. The van der Waals surface area contributed by atoms with Gasteiger partial charge in [-0.1, -0.05) is 25.1 Å². The molecule has 3 heterocycles. The van der Waals surface area contributed by atoms with Gasteiger partial charge in [-0.2, -0.15) is 17.5 Å². The number of fused-ring (bicyclic) bond motifs is 2. The lowest BCUT2D eigenvalue weighted by Crippen LogP contribution is -2.46. The predicted octanol–water partition coefficient (Wildman–Crippen LogP) is 3.15. The van der Waals surface area contributed by atoms with E-state index < -0.39 is 22.2 Å². The van der Waals surface area contributed by atoms with Crippen LogP contribution in [0.25, 0.3) is 0 Å². The zero-order chi connectivity index (χ0) is 24.9. The Morgan fingerprint density at radius 3 is 2.41 bits per heavy atom. The van der Waals surface area contributed by atoms with Crippen molar-refractivity contribution in [1.82, 2.24) is 14.2 Å². The summed E-state index contributed by atoms with van der Waals surface area (Å²) < 4.78 is 66.0. The smallest absolute Gasteiger partial charge is 0.487 e. The molecule has 1 fully saturated rings. The number of likely N-dealkylation sites (N-methyl/N-ethyl adjacent to an activating group) is 1. The molecule has 0 unspecified atom stereocenters. The Morgan fingerprint density at radius 2 is 1.79 bits per heavy atom. The molecule has 12 heteroatoms. The van der Waals surface area contributed by atoms with Crippen LogP contribution in [-0.4, -0.2) is 71.6 Å². The number of pyridine rings is 1. The van der Waals surface area contributed by atoms with Gasteiger partial charge in [-0.05, 0) is 37.1 Å². The summed E-state index contributed by atoms with van der Waals surface area (Å²) in [5.74, 6) is -2.28. The van der Waals surface area contributed by atoms with E-state index in [0.29, 0.717) is 12.3 Å². The summed E-state index contributed by atoms with van der Waals surface area (Å²) in [4.78, 5) is 15.9. The monoisotopic (exact) mass is 501 g/mol. The third-order valence-corrected chi connectivity index (χ3v) is 7.69. The number of sulfonamides is 1. The lowest BCUT2D eigenvalue weighted by atomic mass is 10.1. The number of aromatic nitrogens is 1. The summed E-state index contributed by atoms with van der Waals surface area (Å²) in [6, 6.07) is 12.8. The first-order chi connectivity index (χ1) is 16.0. The molecular weight excluding hydrogens is 475 g/mol. The molecule has 2 aromatic rings. The maximum Gasteiger partial charge on any atom is 0.490 e. The molecule has 1 saturated heterocycles. The fourth-order valence-electron chi connectivity index (χ4n) is 4.09. The van der Waals surface area contributed by atoms with Gasteiger partial charge in [0.15, 0.2) is 0 Å². The third kappa shape index (κ3) is 6.05. The highest BCUT2D eigenvalue weighted by Crippen LogP contribution is 2.36. The summed E-state index contributed by atoms with van der Waals surface area (Å²) in [5.41, 5.74) is 1.03. The molecule has 0 spiro atoms.